The highest BCUT2D eigenvalue weighted by atomic mass is 79.9. The first-order chi connectivity index (χ1) is 13.0. The van der Waals surface area contributed by atoms with Gasteiger partial charge in [0.05, 0.1) is 5.56 Å². The third kappa shape index (κ3) is 4.36. The highest BCUT2D eigenvalue weighted by Crippen LogP contribution is 2.34. The van der Waals surface area contributed by atoms with E-state index >= 15 is 0 Å². The molecule has 0 unspecified atom stereocenters. The van der Waals surface area contributed by atoms with E-state index in [-0.39, 0.29) is 5.91 Å². The van der Waals surface area contributed by atoms with Crippen LogP contribution in [0, 0.1) is 6.92 Å². The van der Waals surface area contributed by atoms with E-state index in [1.807, 2.05) is 19.1 Å². The van der Waals surface area contributed by atoms with Crippen molar-refractivity contribution in [3.05, 3.63) is 68.1 Å². The number of hydrogen-bond acceptors (Lipinski definition) is 2. The molecular formula is C22H25BrN2OS. The monoisotopic (exact) mass is 444 g/mol. The largest absolute Gasteiger partial charge is 0.366 e. The molecule has 0 aliphatic carbocycles. The molecule has 27 heavy (non-hydrogen) atoms. The van der Waals surface area contributed by atoms with Crippen molar-refractivity contribution < 1.29 is 4.79 Å². The molecule has 3 nitrogen and oxygen atoms in total. The number of hydrogen-bond donors (Lipinski definition) is 1. The van der Waals surface area contributed by atoms with Crippen molar-refractivity contribution in [1.82, 2.24) is 4.57 Å². The van der Waals surface area contributed by atoms with Gasteiger partial charge in [-0.3, -0.25) is 4.79 Å². The Morgan fingerprint density at radius 3 is 2.52 bits per heavy atom. The SMILES string of the molecule is CCCCc1c(-c2ccc(Br)cc2)c(C(N)=O)c(C)n1CCc1cccs1. The van der Waals surface area contributed by atoms with Gasteiger partial charge in [0.15, 0.2) is 0 Å². The van der Waals surface area contributed by atoms with Crippen LogP contribution in [0.25, 0.3) is 11.1 Å². The molecule has 0 radical (unpaired) electrons. The minimum absolute atomic E-state index is 0.349. The molecule has 0 spiro atoms. The Labute approximate surface area is 173 Å². The van der Waals surface area contributed by atoms with E-state index in [1.54, 1.807) is 11.3 Å². The summed E-state index contributed by atoms with van der Waals surface area (Å²) in [6.45, 7) is 5.08. The minimum Gasteiger partial charge on any atom is -0.366 e. The maximum absolute atomic E-state index is 12.4. The predicted molar refractivity (Wildman–Crippen MR) is 117 cm³/mol. The Balaban J connectivity index is 2.11. The zero-order valence-electron chi connectivity index (χ0n) is 15.8. The van der Waals surface area contributed by atoms with E-state index in [1.165, 1.54) is 10.6 Å². The number of aryl methyl sites for hydroxylation is 1. The number of benzene rings is 1. The second-order valence-corrected chi connectivity index (χ2v) is 8.69. The van der Waals surface area contributed by atoms with Gasteiger partial charge in [-0.2, -0.15) is 0 Å². The van der Waals surface area contributed by atoms with E-state index in [4.69, 9.17) is 5.73 Å². The molecule has 3 aromatic rings. The number of nitrogens with two attached hydrogens (primary N) is 1. The van der Waals surface area contributed by atoms with Crippen LogP contribution in [0.15, 0.2) is 46.3 Å². The van der Waals surface area contributed by atoms with Gasteiger partial charge in [-0.1, -0.05) is 47.5 Å². The van der Waals surface area contributed by atoms with Crippen molar-refractivity contribution in [3.63, 3.8) is 0 Å². The molecule has 5 heteroatoms. The number of primary amides is 1. The van der Waals surface area contributed by atoms with Gasteiger partial charge in [-0.25, -0.2) is 0 Å². The molecule has 0 bridgehead atoms. The van der Waals surface area contributed by atoms with Gasteiger partial charge in [-0.15, -0.1) is 11.3 Å². The third-order valence-corrected chi connectivity index (χ3v) is 6.40. The number of amides is 1. The number of halogens is 1. The normalized spacial score (nSPS) is 11.1. The first-order valence-corrected chi connectivity index (χ1v) is 11.0. The zero-order chi connectivity index (χ0) is 19.4. The number of carbonyl (C=O) groups is 1. The first kappa shape index (κ1) is 19.9. The molecule has 0 fully saturated rings. The van der Waals surface area contributed by atoms with E-state index in [9.17, 15) is 4.79 Å². The zero-order valence-corrected chi connectivity index (χ0v) is 18.2. The molecule has 0 aliphatic rings. The smallest absolute Gasteiger partial charge is 0.251 e. The van der Waals surface area contributed by atoms with Crippen molar-refractivity contribution in [2.45, 2.75) is 46.1 Å². The van der Waals surface area contributed by atoms with E-state index < -0.39 is 0 Å². The van der Waals surface area contributed by atoms with Crippen LogP contribution in [0.2, 0.25) is 0 Å². The number of unbranched alkanes of at least 4 members (excludes halogenated alkanes) is 1. The average Bonchev–Trinajstić information content (AvgIpc) is 3.25. The van der Waals surface area contributed by atoms with E-state index in [0.717, 1.165) is 53.5 Å². The maximum Gasteiger partial charge on any atom is 0.251 e. The van der Waals surface area contributed by atoms with Crippen LogP contribution < -0.4 is 5.73 Å². The second-order valence-electron chi connectivity index (χ2n) is 6.74. The average molecular weight is 445 g/mol. The lowest BCUT2D eigenvalue weighted by Crippen LogP contribution is -2.13. The molecule has 1 aromatic carbocycles. The van der Waals surface area contributed by atoms with Gasteiger partial charge in [0, 0.05) is 32.8 Å². The fourth-order valence-corrected chi connectivity index (χ4v) is 4.57. The van der Waals surface area contributed by atoms with Gasteiger partial charge in [0.25, 0.3) is 5.91 Å². The van der Waals surface area contributed by atoms with Crippen LogP contribution in [-0.2, 0) is 19.4 Å². The first-order valence-electron chi connectivity index (χ1n) is 9.33. The van der Waals surface area contributed by atoms with Crippen molar-refractivity contribution in [2.24, 2.45) is 5.73 Å². The maximum atomic E-state index is 12.4. The molecule has 2 N–H and O–H groups in total. The molecule has 2 aromatic heterocycles. The number of carbonyl (C=O) groups excluding carboxylic acids is 1. The van der Waals surface area contributed by atoms with Crippen molar-refractivity contribution >= 4 is 33.2 Å². The molecular weight excluding hydrogens is 420 g/mol. The highest BCUT2D eigenvalue weighted by Gasteiger charge is 2.24. The Bertz CT molecular complexity index is 911. The number of nitrogens with zero attached hydrogens (tertiary/aromatic N) is 1. The lowest BCUT2D eigenvalue weighted by molar-refractivity contribution is 0.1000. The lowest BCUT2D eigenvalue weighted by Gasteiger charge is -2.13. The second kappa shape index (κ2) is 8.89. The summed E-state index contributed by atoms with van der Waals surface area (Å²) in [5.41, 5.74) is 10.7. The van der Waals surface area contributed by atoms with E-state index in [0.29, 0.717) is 5.56 Å². The summed E-state index contributed by atoms with van der Waals surface area (Å²) in [6.07, 6.45) is 4.11. The summed E-state index contributed by atoms with van der Waals surface area (Å²) in [5.74, 6) is -0.349. The van der Waals surface area contributed by atoms with Gasteiger partial charge in [0.1, 0.15) is 0 Å². The summed E-state index contributed by atoms with van der Waals surface area (Å²) in [4.78, 5) is 13.7. The van der Waals surface area contributed by atoms with Crippen molar-refractivity contribution in [2.75, 3.05) is 0 Å². The summed E-state index contributed by atoms with van der Waals surface area (Å²) < 4.78 is 3.34. The quantitative estimate of drug-likeness (QED) is 0.456. The predicted octanol–water partition coefficient (Wildman–Crippen LogP) is 5.97. The number of thiophene rings is 1. The Morgan fingerprint density at radius 1 is 1.19 bits per heavy atom. The molecule has 0 saturated carbocycles. The summed E-state index contributed by atoms with van der Waals surface area (Å²) in [6, 6.07) is 12.4. The molecule has 1 amide bonds. The molecule has 0 aliphatic heterocycles. The minimum atomic E-state index is -0.349. The summed E-state index contributed by atoms with van der Waals surface area (Å²) in [5, 5.41) is 2.11. The topological polar surface area (TPSA) is 48.0 Å². The Hall–Kier alpha value is -1.85. The van der Waals surface area contributed by atoms with Gasteiger partial charge in [-0.05, 0) is 55.3 Å². The van der Waals surface area contributed by atoms with Crippen LogP contribution in [0.5, 0.6) is 0 Å². The van der Waals surface area contributed by atoms with Gasteiger partial charge >= 0.3 is 0 Å². The highest BCUT2D eigenvalue weighted by molar-refractivity contribution is 9.10. The van der Waals surface area contributed by atoms with Crippen LogP contribution >= 0.6 is 27.3 Å². The standard InChI is InChI=1S/C22H25BrN2OS/c1-3-4-7-19-21(16-8-10-17(23)11-9-16)20(22(24)26)15(2)25(19)13-12-18-6-5-14-27-18/h5-6,8-11,14H,3-4,7,12-13H2,1-2H3,(H2,24,26). The van der Waals surface area contributed by atoms with Gasteiger partial charge < -0.3 is 10.3 Å². The third-order valence-electron chi connectivity index (χ3n) is 4.94. The molecule has 142 valence electrons. The number of rotatable bonds is 8. The fourth-order valence-electron chi connectivity index (χ4n) is 3.61. The molecule has 0 atom stereocenters. The molecule has 0 saturated heterocycles. The molecule has 3 rings (SSSR count). The van der Waals surface area contributed by atoms with Crippen molar-refractivity contribution in [1.29, 1.82) is 0 Å². The van der Waals surface area contributed by atoms with Gasteiger partial charge in [0.2, 0.25) is 0 Å². The lowest BCUT2D eigenvalue weighted by atomic mass is 9.97. The Kier molecular flexibility index (Phi) is 6.55. The Morgan fingerprint density at radius 2 is 1.93 bits per heavy atom. The summed E-state index contributed by atoms with van der Waals surface area (Å²) >= 11 is 5.27. The molecule has 2 heterocycles. The fraction of sp³-hybridized carbons (Fsp3) is 0.318. The van der Waals surface area contributed by atoms with Crippen LogP contribution in [0.3, 0.4) is 0 Å². The van der Waals surface area contributed by atoms with Crippen LogP contribution in [0.4, 0.5) is 0 Å². The van der Waals surface area contributed by atoms with E-state index in [2.05, 4.69) is 57.1 Å². The number of aromatic nitrogens is 1. The van der Waals surface area contributed by atoms with Crippen molar-refractivity contribution in [3.8, 4) is 11.1 Å². The van der Waals surface area contributed by atoms with Crippen LogP contribution in [-0.4, -0.2) is 10.5 Å². The van der Waals surface area contributed by atoms with Crippen LogP contribution in [0.1, 0.15) is 46.4 Å². The summed E-state index contributed by atoms with van der Waals surface area (Å²) in [7, 11) is 0.